The Labute approximate surface area is 143 Å². The molecule has 4 heteroatoms. The Bertz CT molecular complexity index is 248. The minimum atomic E-state index is 0.196. The molecule has 0 unspecified atom stereocenters. The average molecular weight is 329 g/mol. The van der Waals surface area contributed by atoms with E-state index in [1.807, 2.05) is 0 Å². The van der Waals surface area contributed by atoms with Crippen molar-refractivity contribution in [3.05, 3.63) is 0 Å². The molecule has 0 atom stereocenters. The van der Waals surface area contributed by atoms with Gasteiger partial charge in [0.15, 0.2) is 0 Å². The molecule has 1 amide bonds. The zero-order chi connectivity index (χ0) is 17.0. The number of amides is 1. The SMILES string of the molecule is CCCCCCCCCCCNC(=O)CCCCCNCCO. The fourth-order valence-corrected chi connectivity index (χ4v) is 2.67. The van der Waals surface area contributed by atoms with Gasteiger partial charge in [-0.25, -0.2) is 0 Å². The van der Waals surface area contributed by atoms with Crippen LogP contribution in [0.15, 0.2) is 0 Å². The molecule has 23 heavy (non-hydrogen) atoms. The summed E-state index contributed by atoms with van der Waals surface area (Å²) in [6, 6.07) is 0. The molecule has 0 heterocycles. The van der Waals surface area contributed by atoms with Crippen molar-refractivity contribution in [2.24, 2.45) is 0 Å². The lowest BCUT2D eigenvalue weighted by Crippen LogP contribution is -2.24. The number of nitrogens with one attached hydrogen (secondary N) is 2. The molecular weight excluding hydrogens is 288 g/mol. The van der Waals surface area contributed by atoms with E-state index in [1.54, 1.807) is 0 Å². The average Bonchev–Trinajstić information content (AvgIpc) is 2.55. The maximum absolute atomic E-state index is 11.7. The highest BCUT2D eigenvalue weighted by Gasteiger charge is 2.00. The second-order valence-electron chi connectivity index (χ2n) is 6.46. The van der Waals surface area contributed by atoms with Crippen molar-refractivity contribution in [1.82, 2.24) is 10.6 Å². The molecule has 0 aliphatic rings. The molecule has 0 saturated carbocycles. The van der Waals surface area contributed by atoms with Crippen molar-refractivity contribution in [1.29, 1.82) is 0 Å². The van der Waals surface area contributed by atoms with Crippen molar-refractivity contribution in [3.8, 4) is 0 Å². The number of aliphatic hydroxyl groups excluding tert-OH is 1. The monoisotopic (exact) mass is 328 g/mol. The summed E-state index contributed by atoms with van der Waals surface area (Å²) in [7, 11) is 0. The van der Waals surface area contributed by atoms with Gasteiger partial charge in [0, 0.05) is 19.5 Å². The first-order chi connectivity index (χ1) is 11.3. The number of rotatable bonds is 18. The number of aliphatic hydroxyl groups is 1. The molecule has 0 bridgehead atoms. The zero-order valence-corrected chi connectivity index (χ0v) is 15.4. The normalized spacial score (nSPS) is 10.9. The molecular formula is C19H40N2O2. The van der Waals surface area contributed by atoms with Gasteiger partial charge in [0.25, 0.3) is 0 Å². The first kappa shape index (κ1) is 22.4. The predicted octanol–water partition coefficient (Wildman–Crippen LogP) is 3.78. The largest absolute Gasteiger partial charge is 0.395 e. The standard InChI is InChI=1S/C19H40N2O2/c1-2-3-4-5-6-7-8-9-13-16-21-19(23)14-11-10-12-15-20-17-18-22/h20,22H,2-18H2,1H3,(H,21,23). The molecule has 0 aliphatic carbocycles. The van der Waals surface area contributed by atoms with Gasteiger partial charge in [-0.3, -0.25) is 4.79 Å². The Balaban J connectivity index is 3.13. The molecule has 0 radical (unpaired) electrons. The Morgan fingerprint density at radius 2 is 1.30 bits per heavy atom. The quantitative estimate of drug-likeness (QED) is 0.336. The summed E-state index contributed by atoms with van der Waals surface area (Å²) < 4.78 is 0. The Morgan fingerprint density at radius 1 is 0.739 bits per heavy atom. The molecule has 0 aromatic rings. The van der Waals surface area contributed by atoms with Crippen LogP contribution in [-0.2, 0) is 4.79 Å². The van der Waals surface area contributed by atoms with Crippen molar-refractivity contribution >= 4 is 5.91 Å². The van der Waals surface area contributed by atoms with E-state index in [9.17, 15) is 4.79 Å². The first-order valence-electron chi connectivity index (χ1n) is 9.89. The van der Waals surface area contributed by atoms with Crippen LogP contribution in [0.3, 0.4) is 0 Å². The summed E-state index contributed by atoms with van der Waals surface area (Å²) in [5, 5.41) is 14.8. The van der Waals surface area contributed by atoms with E-state index in [4.69, 9.17) is 5.11 Å². The number of hydrogen-bond acceptors (Lipinski definition) is 3. The summed E-state index contributed by atoms with van der Waals surface area (Å²) in [6.45, 7) is 4.89. The molecule has 4 nitrogen and oxygen atoms in total. The number of carbonyl (C=O) groups excluding carboxylic acids is 1. The predicted molar refractivity (Wildman–Crippen MR) is 98.7 cm³/mol. The second kappa shape index (κ2) is 19.4. The molecule has 0 saturated heterocycles. The van der Waals surface area contributed by atoms with Gasteiger partial charge in [-0.2, -0.15) is 0 Å². The molecule has 0 fully saturated rings. The first-order valence-corrected chi connectivity index (χ1v) is 9.89. The van der Waals surface area contributed by atoms with E-state index in [2.05, 4.69) is 17.6 Å². The van der Waals surface area contributed by atoms with E-state index in [0.29, 0.717) is 13.0 Å². The highest BCUT2D eigenvalue weighted by atomic mass is 16.3. The molecule has 0 aliphatic heterocycles. The highest BCUT2D eigenvalue weighted by Crippen LogP contribution is 2.09. The zero-order valence-electron chi connectivity index (χ0n) is 15.4. The third-order valence-electron chi connectivity index (χ3n) is 4.15. The lowest BCUT2D eigenvalue weighted by atomic mass is 10.1. The summed E-state index contributed by atoms with van der Waals surface area (Å²) in [5.41, 5.74) is 0. The molecule has 0 rings (SSSR count). The van der Waals surface area contributed by atoms with Crippen LogP contribution >= 0.6 is 0 Å². The molecule has 138 valence electrons. The van der Waals surface area contributed by atoms with Gasteiger partial charge >= 0.3 is 0 Å². The molecule has 0 spiro atoms. The van der Waals surface area contributed by atoms with Crippen molar-refractivity contribution in [2.45, 2.75) is 90.4 Å². The third-order valence-corrected chi connectivity index (χ3v) is 4.15. The van der Waals surface area contributed by atoms with Gasteiger partial charge in [0.05, 0.1) is 6.61 Å². The van der Waals surface area contributed by atoms with Crippen LogP contribution in [0.4, 0.5) is 0 Å². The minimum absolute atomic E-state index is 0.196. The minimum Gasteiger partial charge on any atom is -0.395 e. The lowest BCUT2D eigenvalue weighted by molar-refractivity contribution is -0.121. The summed E-state index contributed by atoms with van der Waals surface area (Å²) in [5.74, 6) is 0.202. The second-order valence-corrected chi connectivity index (χ2v) is 6.46. The van der Waals surface area contributed by atoms with Crippen LogP contribution in [0.25, 0.3) is 0 Å². The number of carbonyl (C=O) groups is 1. The fourth-order valence-electron chi connectivity index (χ4n) is 2.67. The van der Waals surface area contributed by atoms with E-state index in [0.717, 1.165) is 38.8 Å². The van der Waals surface area contributed by atoms with Gasteiger partial charge in [-0.1, -0.05) is 64.7 Å². The van der Waals surface area contributed by atoms with Gasteiger partial charge < -0.3 is 15.7 Å². The topological polar surface area (TPSA) is 61.4 Å². The van der Waals surface area contributed by atoms with E-state index in [1.165, 1.54) is 51.4 Å². The van der Waals surface area contributed by atoms with E-state index in [-0.39, 0.29) is 12.5 Å². The number of hydrogen-bond donors (Lipinski definition) is 3. The molecule has 3 N–H and O–H groups in total. The Morgan fingerprint density at radius 3 is 1.96 bits per heavy atom. The van der Waals surface area contributed by atoms with Gasteiger partial charge in [-0.15, -0.1) is 0 Å². The maximum Gasteiger partial charge on any atom is 0.219 e. The maximum atomic E-state index is 11.7. The smallest absolute Gasteiger partial charge is 0.219 e. The number of unbranched alkanes of at least 4 members (excludes halogenated alkanes) is 10. The summed E-state index contributed by atoms with van der Waals surface area (Å²) in [4.78, 5) is 11.7. The van der Waals surface area contributed by atoms with Crippen molar-refractivity contribution in [3.63, 3.8) is 0 Å². The summed E-state index contributed by atoms with van der Waals surface area (Å²) in [6.07, 6.45) is 15.6. The van der Waals surface area contributed by atoms with E-state index < -0.39 is 0 Å². The van der Waals surface area contributed by atoms with Crippen LogP contribution in [0, 0.1) is 0 Å². The van der Waals surface area contributed by atoms with Crippen LogP contribution < -0.4 is 10.6 Å². The summed E-state index contributed by atoms with van der Waals surface area (Å²) >= 11 is 0. The van der Waals surface area contributed by atoms with Crippen LogP contribution in [0.2, 0.25) is 0 Å². The third kappa shape index (κ3) is 19.3. The van der Waals surface area contributed by atoms with Gasteiger partial charge in [0.2, 0.25) is 5.91 Å². The van der Waals surface area contributed by atoms with Crippen molar-refractivity contribution in [2.75, 3.05) is 26.2 Å². The van der Waals surface area contributed by atoms with Gasteiger partial charge in [0.1, 0.15) is 0 Å². The Kier molecular flexibility index (Phi) is 18.9. The van der Waals surface area contributed by atoms with Crippen molar-refractivity contribution < 1.29 is 9.90 Å². The van der Waals surface area contributed by atoms with Gasteiger partial charge in [-0.05, 0) is 25.8 Å². The highest BCUT2D eigenvalue weighted by molar-refractivity contribution is 5.75. The molecule has 0 aromatic carbocycles. The van der Waals surface area contributed by atoms with E-state index >= 15 is 0 Å². The van der Waals surface area contributed by atoms with Crippen LogP contribution in [-0.4, -0.2) is 37.3 Å². The lowest BCUT2D eigenvalue weighted by Gasteiger charge is -2.06. The fraction of sp³-hybridized carbons (Fsp3) is 0.947. The van der Waals surface area contributed by atoms with Crippen LogP contribution in [0.5, 0.6) is 0 Å². The molecule has 0 aromatic heterocycles. The van der Waals surface area contributed by atoms with Crippen LogP contribution in [0.1, 0.15) is 90.4 Å². The Hall–Kier alpha value is -0.610.